The molecule has 34 heavy (non-hydrogen) atoms. The quantitative estimate of drug-likeness (QED) is 0.591. The van der Waals surface area contributed by atoms with Gasteiger partial charge in [-0.15, -0.1) is 0 Å². The van der Waals surface area contributed by atoms with E-state index in [1.165, 1.54) is 6.07 Å². The van der Waals surface area contributed by atoms with Crippen molar-refractivity contribution in [1.29, 1.82) is 0 Å². The number of carboxylic acids is 1. The van der Waals surface area contributed by atoms with E-state index in [2.05, 4.69) is 6.92 Å². The highest BCUT2D eigenvalue weighted by atomic mass is 19.4. The summed E-state index contributed by atoms with van der Waals surface area (Å²) in [4.78, 5) is 23.1. The van der Waals surface area contributed by atoms with Crippen LogP contribution < -0.4 is 0 Å². The van der Waals surface area contributed by atoms with Gasteiger partial charge in [-0.1, -0.05) is 19.9 Å². The lowest BCUT2D eigenvalue weighted by atomic mass is 9.58. The second kappa shape index (κ2) is 8.16. The molecule has 1 spiro atoms. The van der Waals surface area contributed by atoms with Crippen LogP contribution in [0.5, 0.6) is 0 Å². The molecule has 1 saturated carbocycles. The number of carbonyl (C=O) groups is 1. The van der Waals surface area contributed by atoms with Crippen LogP contribution in [0, 0.1) is 23.7 Å². The van der Waals surface area contributed by atoms with Crippen molar-refractivity contribution in [2.75, 3.05) is 0 Å². The minimum atomic E-state index is -4.79. The molecule has 0 amide bonds. The van der Waals surface area contributed by atoms with Crippen LogP contribution in [0.3, 0.4) is 0 Å². The van der Waals surface area contributed by atoms with Crippen LogP contribution in [0.1, 0.15) is 67.9 Å². The third-order valence-corrected chi connectivity index (χ3v) is 8.13. The Kier molecular flexibility index (Phi) is 5.76. The van der Waals surface area contributed by atoms with E-state index in [9.17, 15) is 18.0 Å². The van der Waals surface area contributed by atoms with Crippen LogP contribution in [0.4, 0.5) is 13.2 Å². The molecule has 6 rings (SSSR count). The number of hydrogen-bond donors (Lipinski definition) is 1. The Morgan fingerprint density at radius 2 is 1.94 bits per heavy atom. The van der Waals surface area contributed by atoms with Gasteiger partial charge in [-0.25, -0.2) is 14.6 Å². The largest absolute Gasteiger partial charge is 0.478 e. The fraction of sp³-hybridized carbons (Fsp3) is 0.708. The van der Waals surface area contributed by atoms with E-state index in [0.717, 1.165) is 31.4 Å². The van der Waals surface area contributed by atoms with Crippen molar-refractivity contribution in [2.45, 2.75) is 83.2 Å². The maximum Gasteiger partial charge on any atom is 0.417 e. The normalized spacial score (nSPS) is 41.6. The van der Waals surface area contributed by atoms with Crippen molar-refractivity contribution in [1.82, 2.24) is 0 Å². The minimum Gasteiger partial charge on any atom is -0.478 e. The van der Waals surface area contributed by atoms with Gasteiger partial charge in [0.2, 0.25) is 5.79 Å². The highest BCUT2D eigenvalue weighted by Gasteiger charge is 2.69. The number of rotatable bonds is 4. The van der Waals surface area contributed by atoms with E-state index in [4.69, 9.17) is 29.1 Å². The second-order valence-electron chi connectivity index (χ2n) is 10.3. The first-order valence-electron chi connectivity index (χ1n) is 11.7. The summed E-state index contributed by atoms with van der Waals surface area (Å²) in [6.45, 7) is 5.85. The summed E-state index contributed by atoms with van der Waals surface area (Å²) in [5, 5.41) is 9.11. The van der Waals surface area contributed by atoms with Crippen LogP contribution in [0.15, 0.2) is 18.2 Å². The Bertz CT molecular complexity index is 968. The van der Waals surface area contributed by atoms with Crippen molar-refractivity contribution in [3.63, 3.8) is 0 Å². The third kappa shape index (κ3) is 3.74. The van der Waals surface area contributed by atoms with Gasteiger partial charge >= 0.3 is 12.1 Å². The zero-order valence-electron chi connectivity index (χ0n) is 19.3. The number of fused-ring (bicyclic) bond motifs is 2. The standard InChI is InChI=1S/C24H29F3O7/c1-12-4-7-17-13(2)20(31-21-23(17)16(12)8-9-22(3,32-21)33-34-23)30-11-14-5-6-15(19(28)29)18(10-14)24(25,26)27/h5-6,10,12-13,16-17,20-21H,4,7-9,11H2,1-3H3,(H,28,29)/t12-,13-,16+,17+,20+,21-,22-,23-/m1/s1. The summed E-state index contributed by atoms with van der Waals surface area (Å²) in [6.07, 6.45) is -2.78. The summed E-state index contributed by atoms with van der Waals surface area (Å²) >= 11 is 0. The van der Waals surface area contributed by atoms with Crippen molar-refractivity contribution >= 4 is 5.97 Å². The Morgan fingerprint density at radius 1 is 1.18 bits per heavy atom. The smallest absolute Gasteiger partial charge is 0.417 e. The number of ether oxygens (including phenoxy) is 3. The topological polar surface area (TPSA) is 83.5 Å². The monoisotopic (exact) mass is 486 g/mol. The Balaban J connectivity index is 1.39. The first-order chi connectivity index (χ1) is 15.9. The van der Waals surface area contributed by atoms with E-state index in [0.29, 0.717) is 12.3 Å². The Labute approximate surface area is 195 Å². The lowest BCUT2D eigenvalue weighted by molar-refractivity contribution is -0.577. The van der Waals surface area contributed by atoms with E-state index in [1.54, 1.807) is 0 Å². The molecule has 188 valence electrons. The van der Waals surface area contributed by atoms with Gasteiger partial charge in [0.05, 0.1) is 17.7 Å². The number of halogens is 3. The van der Waals surface area contributed by atoms with Crippen LogP contribution in [-0.2, 0) is 36.8 Å². The third-order valence-electron chi connectivity index (χ3n) is 8.13. The molecule has 0 unspecified atom stereocenters. The lowest BCUT2D eigenvalue weighted by Gasteiger charge is -2.60. The zero-order chi connectivity index (χ0) is 24.5. The van der Waals surface area contributed by atoms with Crippen molar-refractivity contribution in [3.05, 3.63) is 34.9 Å². The molecular weight excluding hydrogens is 457 g/mol. The highest BCUT2D eigenvalue weighted by Crippen LogP contribution is 2.60. The van der Waals surface area contributed by atoms with Crippen LogP contribution in [0.2, 0.25) is 0 Å². The van der Waals surface area contributed by atoms with Gasteiger partial charge in [0, 0.05) is 18.3 Å². The summed E-state index contributed by atoms with van der Waals surface area (Å²) < 4.78 is 58.7. The number of benzene rings is 1. The summed E-state index contributed by atoms with van der Waals surface area (Å²) in [5.41, 5.74) is -2.54. The molecule has 4 aliphatic heterocycles. The van der Waals surface area contributed by atoms with Gasteiger partial charge in [0.1, 0.15) is 0 Å². The molecule has 5 aliphatic rings. The molecule has 1 N–H and O–H groups in total. The number of alkyl halides is 3. The average molecular weight is 486 g/mol. The predicted molar refractivity (Wildman–Crippen MR) is 110 cm³/mol. The number of hydrogen-bond acceptors (Lipinski definition) is 6. The molecule has 5 fully saturated rings. The summed E-state index contributed by atoms with van der Waals surface area (Å²) in [7, 11) is 0. The number of aromatic carboxylic acids is 1. The molecule has 4 saturated heterocycles. The first kappa shape index (κ1) is 24.0. The summed E-state index contributed by atoms with van der Waals surface area (Å²) in [5.74, 6) is -2.06. The molecule has 10 heteroatoms. The Morgan fingerprint density at radius 3 is 2.65 bits per heavy atom. The lowest BCUT2D eigenvalue weighted by Crippen LogP contribution is -2.70. The highest BCUT2D eigenvalue weighted by molar-refractivity contribution is 5.89. The number of carboxylic acid groups (broad SMARTS) is 1. The SMILES string of the molecule is C[C@H]1[C@@H](OCc2ccc(C(=O)O)c(C(F)(F)F)c2)O[C@@H]2O[C@@]3(C)CC[C@H]4[C@H](C)CC[C@@H]1[C@@]24OO3. The molecule has 7 nitrogen and oxygen atoms in total. The van der Waals surface area contributed by atoms with Crippen LogP contribution in [0.25, 0.3) is 0 Å². The van der Waals surface area contributed by atoms with Gasteiger partial charge in [0.25, 0.3) is 0 Å². The summed E-state index contributed by atoms with van der Waals surface area (Å²) in [6, 6.07) is 3.10. The van der Waals surface area contributed by atoms with E-state index >= 15 is 0 Å². The minimum absolute atomic E-state index is 0.0280. The first-order valence-corrected chi connectivity index (χ1v) is 11.7. The van der Waals surface area contributed by atoms with E-state index in [1.807, 2.05) is 13.8 Å². The molecule has 0 radical (unpaired) electrons. The van der Waals surface area contributed by atoms with Gasteiger partial charge in [-0.2, -0.15) is 13.2 Å². The maximum atomic E-state index is 13.4. The van der Waals surface area contributed by atoms with Crippen molar-refractivity contribution in [2.24, 2.45) is 23.7 Å². The molecule has 4 heterocycles. The van der Waals surface area contributed by atoms with Crippen molar-refractivity contribution in [3.8, 4) is 0 Å². The molecular formula is C24H29F3O7. The average Bonchev–Trinajstić information content (AvgIpc) is 3.00. The molecule has 2 bridgehead atoms. The molecule has 8 atom stereocenters. The van der Waals surface area contributed by atoms with Crippen LogP contribution in [-0.4, -0.2) is 35.0 Å². The fourth-order valence-electron chi connectivity index (χ4n) is 6.34. The van der Waals surface area contributed by atoms with Crippen molar-refractivity contribution < 1.29 is 47.1 Å². The molecule has 1 aliphatic carbocycles. The second-order valence-corrected chi connectivity index (χ2v) is 10.3. The fourth-order valence-corrected chi connectivity index (χ4v) is 6.34. The van der Waals surface area contributed by atoms with E-state index < -0.39 is 47.2 Å². The predicted octanol–water partition coefficient (Wildman–Crippen LogP) is 5.13. The maximum absolute atomic E-state index is 13.4. The Hall–Kier alpha value is -1.72. The van der Waals surface area contributed by atoms with Gasteiger partial charge in [-0.05, 0) is 55.7 Å². The molecule has 0 aromatic heterocycles. The molecule has 1 aromatic carbocycles. The van der Waals surface area contributed by atoms with Gasteiger partial charge < -0.3 is 19.3 Å². The van der Waals surface area contributed by atoms with Crippen LogP contribution >= 0.6 is 0 Å². The van der Waals surface area contributed by atoms with E-state index in [-0.39, 0.29) is 29.9 Å². The molecule has 1 aromatic rings. The zero-order valence-corrected chi connectivity index (χ0v) is 19.3. The van der Waals surface area contributed by atoms with Gasteiger partial charge in [0.15, 0.2) is 18.2 Å². The van der Waals surface area contributed by atoms with Gasteiger partial charge in [-0.3, -0.25) is 0 Å².